The van der Waals surface area contributed by atoms with E-state index in [0.717, 1.165) is 14.5 Å². The summed E-state index contributed by atoms with van der Waals surface area (Å²) in [7, 11) is 0. The van der Waals surface area contributed by atoms with Crippen LogP contribution in [0.1, 0.15) is 11.1 Å². The summed E-state index contributed by atoms with van der Waals surface area (Å²) in [6.07, 6.45) is 1.59. The fourth-order valence-corrected chi connectivity index (χ4v) is 2.60. The molecule has 0 saturated heterocycles. The molecule has 0 aromatic heterocycles. The van der Waals surface area contributed by atoms with Crippen LogP contribution in [0, 0.1) is 6.92 Å². The predicted octanol–water partition coefficient (Wildman–Crippen LogP) is 4.50. The van der Waals surface area contributed by atoms with Gasteiger partial charge in [-0.3, -0.25) is 0 Å². The molecule has 0 aliphatic carbocycles. The summed E-state index contributed by atoms with van der Waals surface area (Å²) in [6, 6.07) is 16.1. The normalized spacial score (nSPS) is 9.94. The molecule has 0 aliphatic heterocycles. The predicted molar refractivity (Wildman–Crippen MR) is 84.8 cm³/mol. The standard InChI is InChI=1S/C7H6Br2N2.C7H8/c8-6-1-5(4-11-10)2-7(9)3-6;1-7-5-3-2-4-6-7/h1-4H,10H2;2-6H,1H3/b11-4+;. The van der Waals surface area contributed by atoms with Crippen molar-refractivity contribution < 1.29 is 0 Å². The van der Waals surface area contributed by atoms with E-state index in [0.29, 0.717) is 0 Å². The molecule has 2 aromatic carbocycles. The Hall–Kier alpha value is -1.13. The molecule has 0 unspecified atom stereocenters. The van der Waals surface area contributed by atoms with Crippen LogP contribution in [0.15, 0.2) is 62.6 Å². The first-order chi connectivity index (χ1) is 8.61. The molecule has 0 atom stereocenters. The zero-order valence-corrected chi connectivity index (χ0v) is 13.1. The highest BCUT2D eigenvalue weighted by molar-refractivity contribution is 9.11. The quantitative estimate of drug-likeness (QED) is 0.448. The van der Waals surface area contributed by atoms with E-state index in [4.69, 9.17) is 5.84 Å². The van der Waals surface area contributed by atoms with Crippen LogP contribution < -0.4 is 5.84 Å². The van der Waals surface area contributed by atoms with Crippen molar-refractivity contribution in [3.63, 3.8) is 0 Å². The maximum Gasteiger partial charge on any atom is 0.0538 e. The lowest BCUT2D eigenvalue weighted by atomic mass is 10.2. The maximum atomic E-state index is 5.00. The van der Waals surface area contributed by atoms with Crippen molar-refractivity contribution in [1.29, 1.82) is 0 Å². The SMILES string of the molecule is Cc1ccccc1.N/N=C/c1cc(Br)cc(Br)c1. The van der Waals surface area contributed by atoms with Crippen molar-refractivity contribution in [3.05, 3.63) is 68.6 Å². The van der Waals surface area contributed by atoms with Crippen LogP contribution in [-0.2, 0) is 0 Å². The molecule has 0 amide bonds. The lowest BCUT2D eigenvalue weighted by Crippen LogP contribution is -1.86. The smallest absolute Gasteiger partial charge is 0.0538 e. The Morgan fingerprint density at radius 2 is 1.56 bits per heavy atom. The summed E-state index contributed by atoms with van der Waals surface area (Å²) in [6.45, 7) is 2.08. The Morgan fingerprint density at radius 1 is 1.00 bits per heavy atom. The number of hydrogen-bond donors (Lipinski definition) is 1. The van der Waals surface area contributed by atoms with E-state index < -0.39 is 0 Å². The molecule has 0 radical (unpaired) electrons. The second kappa shape index (κ2) is 8.06. The maximum absolute atomic E-state index is 5.00. The minimum absolute atomic E-state index is 0.966. The summed E-state index contributed by atoms with van der Waals surface area (Å²) < 4.78 is 2.00. The lowest BCUT2D eigenvalue weighted by molar-refractivity contribution is 1.26. The average molecular weight is 370 g/mol. The molecule has 2 nitrogen and oxygen atoms in total. The van der Waals surface area contributed by atoms with E-state index in [2.05, 4.69) is 56.0 Å². The van der Waals surface area contributed by atoms with Crippen LogP contribution in [0.2, 0.25) is 0 Å². The van der Waals surface area contributed by atoms with Gasteiger partial charge in [-0.25, -0.2) is 0 Å². The van der Waals surface area contributed by atoms with E-state index in [9.17, 15) is 0 Å². The summed E-state index contributed by atoms with van der Waals surface area (Å²) in [5, 5.41) is 3.42. The number of hydrazone groups is 1. The van der Waals surface area contributed by atoms with Crippen molar-refractivity contribution >= 4 is 38.1 Å². The number of benzene rings is 2. The molecule has 0 aliphatic rings. The van der Waals surface area contributed by atoms with Gasteiger partial charge in [0.15, 0.2) is 0 Å². The van der Waals surface area contributed by atoms with E-state index >= 15 is 0 Å². The third-order valence-corrected chi connectivity index (χ3v) is 2.96. The third kappa shape index (κ3) is 5.98. The van der Waals surface area contributed by atoms with Gasteiger partial charge in [0.1, 0.15) is 0 Å². The van der Waals surface area contributed by atoms with E-state index in [1.165, 1.54) is 5.56 Å². The molecule has 0 fully saturated rings. The van der Waals surface area contributed by atoms with E-state index in [-0.39, 0.29) is 0 Å². The number of nitrogens with zero attached hydrogens (tertiary/aromatic N) is 1. The number of aryl methyl sites for hydroxylation is 1. The van der Waals surface area contributed by atoms with Crippen molar-refractivity contribution in [3.8, 4) is 0 Å². The van der Waals surface area contributed by atoms with E-state index in [1.807, 2.05) is 36.4 Å². The zero-order chi connectivity index (χ0) is 13.4. The molecule has 0 saturated carbocycles. The van der Waals surface area contributed by atoms with Gasteiger partial charge in [-0.2, -0.15) is 5.10 Å². The molecule has 2 rings (SSSR count). The van der Waals surface area contributed by atoms with Crippen LogP contribution in [0.3, 0.4) is 0 Å². The number of nitrogens with two attached hydrogens (primary N) is 1. The first kappa shape index (κ1) is 14.9. The highest BCUT2D eigenvalue weighted by atomic mass is 79.9. The van der Waals surface area contributed by atoms with Gasteiger partial charge in [0, 0.05) is 8.95 Å². The molecule has 2 aromatic rings. The minimum Gasteiger partial charge on any atom is -0.323 e. The fraction of sp³-hybridized carbons (Fsp3) is 0.0714. The van der Waals surface area contributed by atoms with E-state index in [1.54, 1.807) is 6.21 Å². The molecule has 0 bridgehead atoms. The highest BCUT2D eigenvalue weighted by Crippen LogP contribution is 2.18. The molecular formula is C14H14Br2N2. The molecule has 94 valence electrons. The number of halogens is 2. The average Bonchev–Trinajstić information content (AvgIpc) is 2.30. The zero-order valence-electron chi connectivity index (χ0n) is 9.98. The second-order valence-corrected chi connectivity index (χ2v) is 5.47. The Bertz CT molecular complexity index is 490. The van der Waals surface area contributed by atoms with Gasteiger partial charge in [0.25, 0.3) is 0 Å². The molecule has 0 spiro atoms. The van der Waals surface area contributed by atoms with Crippen LogP contribution in [0.5, 0.6) is 0 Å². The van der Waals surface area contributed by atoms with Gasteiger partial charge in [-0.1, -0.05) is 67.8 Å². The molecule has 4 heteroatoms. The van der Waals surface area contributed by atoms with Crippen molar-refractivity contribution in [2.45, 2.75) is 6.92 Å². The Balaban J connectivity index is 0.000000199. The first-order valence-corrected chi connectivity index (χ1v) is 6.91. The van der Waals surface area contributed by atoms with Gasteiger partial charge >= 0.3 is 0 Å². The fourth-order valence-electron chi connectivity index (χ4n) is 1.27. The number of hydrogen-bond acceptors (Lipinski definition) is 2. The summed E-state index contributed by atoms with van der Waals surface area (Å²) in [5.41, 5.74) is 2.29. The van der Waals surface area contributed by atoms with Gasteiger partial charge < -0.3 is 5.84 Å². The highest BCUT2D eigenvalue weighted by Gasteiger charge is 1.93. The molecular weight excluding hydrogens is 356 g/mol. The van der Waals surface area contributed by atoms with Crippen LogP contribution in [0.25, 0.3) is 0 Å². The monoisotopic (exact) mass is 368 g/mol. The van der Waals surface area contributed by atoms with Crippen LogP contribution in [-0.4, -0.2) is 6.21 Å². The summed E-state index contributed by atoms with van der Waals surface area (Å²) >= 11 is 6.70. The Kier molecular flexibility index (Phi) is 6.68. The Labute approximate surface area is 124 Å². The molecule has 0 heterocycles. The summed E-state index contributed by atoms with van der Waals surface area (Å²) in [5.74, 6) is 5.00. The Morgan fingerprint density at radius 3 is 1.94 bits per heavy atom. The largest absolute Gasteiger partial charge is 0.323 e. The first-order valence-electron chi connectivity index (χ1n) is 5.33. The summed E-state index contributed by atoms with van der Waals surface area (Å²) in [4.78, 5) is 0. The topological polar surface area (TPSA) is 38.4 Å². The van der Waals surface area contributed by atoms with Crippen molar-refractivity contribution in [1.82, 2.24) is 0 Å². The van der Waals surface area contributed by atoms with Crippen LogP contribution >= 0.6 is 31.9 Å². The number of rotatable bonds is 1. The minimum atomic E-state index is 0.966. The third-order valence-electron chi connectivity index (χ3n) is 2.05. The van der Waals surface area contributed by atoms with Crippen molar-refractivity contribution in [2.75, 3.05) is 0 Å². The van der Waals surface area contributed by atoms with Crippen LogP contribution in [0.4, 0.5) is 0 Å². The van der Waals surface area contributed by atoms with Crippen molar-refractivity contribution in [2.24, 2.45) is 10.9 Å². The van der Waals surface area contributed by atoms with Gasteiger partial charge in [0.05, 0.1) is 6.21 Å². The second-order valence-electron chi connectivity index (χ2n) is 3.64. The lowest BCUT2D eigenvalue weighted by Gasteiger charge is -1.95. The van der Waals surface area contributed by atoms with Gasteiger partial charge in [-0.15, -0.1) is 0 Å². The van der Waals surface area contributed by atoms with Gasteiger partial charge in [-0.05, 0) is 30.7 Å². The molecule has 2 N–H and O–H groups in total. The molecule has 18 heavy (non-hydrogen) atoms. The van der Waals surface area contributed by atoms with Gasteiger partial charge in [0.2, 0.25) is 0 Å².